The summed E-state index contributed by atoms with van der Waals surface area (Å²) in [5.74, 6) is 11.0. The molecule has 0 spiro atoms. The number of aliphatic carboxylic acids is 1. The third-order valence-corrected chi connectivity index (χ3v) is 9.67. The molecule has 2 fully saturated rings. The number of fused-ring (bicyclic) bond motifs is 1. The number of nitrogens with one attached hydrogen (secondary N) is 1. The smallest absolute Gasteiger partial charge is 0.303 e. The minimum absolute atomic E-state index is 0.00202. The Morgan fingerprint density at radius 2 is 1.98 bits per heavy atom. The van der Waals surface area contributed by atoms with Crippen molar-refractivity contribution in [2.24, 2.45) is 23.2 Å². The van der Waals surface area contributed by atoms with E-state index in [2.05, 4.69) is 34.5 Å². The molecule has 6 atom stereocenters. The number of sulfonamides is 1. The highest BCUT2D eigenvalue weighted by atomic mass is 32.2. The number of aliphatic hydroxyl groups excluding tert-OH is 2. The van der Waals surface area contributed by atoms with Crippen molar-refractivity contribution in [2.45, 2.75) is 88.7 Å². The van der Waals surface area contributed by atoms with Gasteiger partial charge in [-0.3, -0.25) is 4.79 Å². The molecule has 9 heteroatoms. The Morgan fingerprint density at radius 1 is 1.24 bits per heavy atom. The number of hydrogen-bond acceptors (Lipinski definition) is 5. The fraction of sp³-hybridized carbons (Fsp3) is 0.545. The normalized spacial score (nSPS) is 25.8. The topological polar surface area (TPSA) is 124 Å². The van der Waals surface area contributed by atoms with Gasteiger partial charge >= 0.3 is 5.97 Å². The molecule has 1 aromatic carbocycles. The summed E-state index contributed by atoms with van der Waals surface area (Å²) in [6, 6.07) is 4.65. The number of unbranched alkanes of at least 4 members (excludes halogenated alkanes) is 2. The Balaban J connectivity index is 1.68. The molecule has 4 N–H and O–H groups in total. The maximum atomic E-state index is 13.1. The average Bonchev–Trinajstić information content (AvgIpc) is 3.41. The lowest BCUT2D eigenvalue weighted by atomic mass is 9.78. The highest BCUT2D eigenvalue weighted by Crippen LogP contribution is 2.59. The van der Waals surface area contributed by atoms with Crippen molar-refractivity contribution in [1.82, 2.24) is 4.72 Å². The molecule has 0 radical (unpaired) electrons. The fourth-order valence-electron chi connectivity index (χ4n) is 5.89. The first-order valence-electron chi connectivity index (χ1n) is 14.6. The van der Waals surface area contributed by atoms with Crippen LogP contribution in [-0.4, -0.2) is 48.5 Å². The van der Waals surface area contributed by atoms with Crippen molar-refractivity contribution in [3.8, 4) is 23.7 Å². The van der Waals surface area contributed by atoms with Gasteiger partial charge < -0.3 is 15.3 Å². The molecule has 228 valence electrons. The van der Waals surface area contributed by atoms with E-state index in [1.807, 2.05) is 13.0 Å². The predicted molar refractivity (Wildman–Crippen MR) is 160 cm³/mol. The maximum absolute atomic E-state index is 13.1. The number of carbonyl (C=O) groups is 1. The summed E-state index contributed by atoms with van der Waals surface area (Å²) in [4.78, 5) is 10.9. The van der Waals surface area contributed by atoms with E-state index >= 15 is 0 Å². The fourth-order valence-corrected chi connectivity index (χ4v) is 6.97. The Hall–Kier alpha value is -2.95. The predicted octanol–water partition coefficient (Wildman–Crippen LogP) is 4.81. The molecule has 0 amide bonds. The van der Waals surface area contributed by atoms with Crippen LogP contribution in [0.2, 0.25) is 0 Å². The number of halogens is 1. The van der Waals surface area contributed by atoms with Crippen molar-refractivity contribution in [2.75, 3.05) is 6.54 Å². The number of carboxylic acids is 1. The van der Waals surface area contributed by atoms with Crippen molar-refractivity contribution in [1.29, 1.82) is 0 Å². The Kier molecular flexibility index (Phi) is 12.4. The van der Waals surface area contributed by atoms with E-state index in [1.54, 1.807) is 13.0 Å². The molecule has 0 heterocycles. The quantitative estimate of drug-likeness (QED) is 0.147. The van der Waals surface area contributed by atoms with Crippen molar-refractivity contribution >= 4 is 16.0 Å². The van der Waals surface area contributed by atoms with Gasteiger partial charge in [-0.2, -0.15) is 0 Å². The Morgan fingerprint density at radius 3 is 2.67 bits per heavy atom. The first-order valence-corrected chi connectivity index (χ1v) is 16.0. The Bertz CT molecular complexity index is 1360. The van der Waals surface area contributed by atoms with E-state index in [9.17, 15) is 27.8 Å². The lowest BCUT2D eigenvalue weighted by Gasteiger charge is -2.24. The number of hydrogen-bond donors (Lipinski definition) is 4. The van der Waals surface area contributed by atoms with Gasteiger partial charge in [0.15, 0.2) is 0 Å². The molecule has 0 saturated heterocycles. The van der Waals surface area contributed by atoms with Crippen LogP contribution >= 0.6 is 0 Å². The van der Waals surface area contributed by atoms with E-state index in [1.165, 1.54) is 17.7 Å². The van der Waals surface area contributed by atoms with Gasteiger partial charge in [0.25, 0.3) is 0 Å². The van der Waals surface area contributed by atoms with Gasteiger partial charge in [-0.15, -0.1) is 17.8 Å². The van der Waals surface area contributed by atoms with Crippen LogP contribution in [-0.2, 0) is 14.8 Å². The molecule has 1 aromatic rings. The van der Waals surface area contributed by atoms with Crippen LogP contribution < -0.4 is 4.72 Å². The summed E-state index contributed by atoms with van der Waals surface area (Å²) in [6.45, 7) is 3.89. The van der Waals surface area contributed by atoms with Crippen LogP contribution in [0.1, 0.15) is 71.6 Å². The van der Waals surface area contributed by atoms with Gasteiger partial charge in [0.05, 0.1) is 17.1 Å². The summed E-state index contributed by atoms with van der Waals surface area (Å²) in [5.41, 5.74) is 0.773. The van der Waals surface area contributed by atoms with Crippen molar-refractivity contribution < 1.29 is 32.9 Å². The second kappa shape index (κ2) is 15.5. The van der Waals surface area contributed by atoms with E-state index in [0.29, 0.717) is 44.9 Å². The van der Waals surface area contributed by atoms with Crippen LogP contribution in [0.4, 0.5) is 4.39 Å². The van der Waals surface area contributed by atoms with Crippen LogP contribution in [0.3, 0.4) is 0 Å². The van der Waals surface area contributed by atoms with Gasteiger partial charge in [-0.25, -0.2) is 17.5 Å². The number of allylic oxidation sites excluding steroid dienone is 2. The van der Waals surface area contributed by atoms with Crippen molar-refractivity contribution in [3.63, 3.8) is 0 Å². The zero-order chi connectivity index (χ0) is 30.8. The summed E-state index contributed by atoms with van der Waals surface area (Å²) in [6.07, 6.45) is 9.35. The summed E-state index contributed by atoms with van der Waals surface area (Å²) in [5, 5.41) is 30.6. The molecule has 7 nitrogen and oxygen atoms in total. The third-order valence-electron chi connectivity index (χ3n) is 8.19. The second-order valence-corrected chi connectivity index (χ2v) is 13.1. The van der Waals surface area contributed by atoms with Gasteiger partial charge in [0.1, 0.15) is 5.82 Å². The lowest BCUT2D eigenvalue weighted by molar-refractivity contribution is -0.137. The number of benzene rings is 1. The molecule has 2 aliphatic carbocycles. The molecule has 3 rings (SSSR count). The van der Waals surface area contributed by atoms with E-state index in [4.69, 9.17) is 5.11 Å². The maximum Gasteiger partial charge on any atom is 0.303 e. The van der Waals surface area contributed by atoms with Crippen LogP contribution in [0.5, 0.6) is 0 Å². The zero-order valence-electron chi connectivity index (χ0n) is 24.4. The molecule has 1 unspecified atom stereocenters. The molecular weight excluding hydrogens is 557 g/mol. The van der Waals surface area contributed by atoms with E-state index in [-0.39, 0.29) is 35.6 Å². The molecule has 0 aromatic heterocycles. The highest BCUT2D eigenvalue weighted by Gasteiger charge is 2.55. The van der Waals surface area contributed by atoms with Gasteiger partial charge in [-0.05, 0) is 81.5 Å². The zero-order valence-corrected chi connectivity index (χ0v) is 25.2. The van der Waals surface area contributed by atoms with Crippen LogP contribution in [0.25, 0.3) is 0 Å². The minimum atomic E-state index is -3.74. The van der Waals surface area contributed by atoms with E-state index in [0.717, 1.165) is 18.6 Å². The minimum Gasteiger partial charge on any atom is -0.481 e. The molecule has 42 heavy (non-hydrogen) atoms. The summed E-state index contributed by atoms with van der Waals surface area (Å²) < 4.78 is 40.5. The SMILES string of the molecule is CC#CCC(C)[C@H](O)/C=C/[C@H]1[C@H](O)C[C@]2(C#CCCCNS(=O)(=O)c3ccc(F)cc3)C/C(=C/CCCC(=O)O)C[C@H]12. The third kappa shape index (κ3) is 9.28. The van der Waals surface area contributed by atoms with Gasteiger partial charge in [0.2, 0.25) is 10.0 Å². The largest absolute Gasteiger partial charge is 0.481 e. The van der Waals surface area contributed by atoms with Gasteiger partial charge in [-0.1, -0.05) is 36.6 Å². The monoisotopic (exact) mass is 599 g/mol. The summed E-state index contributed by atoms with van der Waals surface area (Å²) in [7, 11) is -3.74. The molecule has 2 aliphatic rings. The summed E-state index contributed by atoms with van der Waals surface area (Å²) >= 11 is 0. The number of aliphatic hydroxyl groups is 2. The number of rotatable bonds is 13. The second-order valence-electron chi connectivity index (χ2n) is 11.4. The average molecular weight is 600 g/mol. The molecular formula is C33H42FNO6S. The first kappa shape index (κ1) is 33.6. The van der Waals surface area contributed by atoms with Crippen LogP contribution in [0.15, 0.2) is 53.0 Å². The molecule has 0 bridgehead atoms. The first-order chi connectivity index (χ1) is 20.0. The highest BCUT2D eigenvalue weighted by molar-refractivity contribution is 7.89. The van der Waals surface area contributed by atoms with E-state index < -0.39 is 39.4 Å². The molecule has 0 aliphatic heterocycles. The number of carboxylic acid groups (broad SMARTS) is 1. The van der Waals surface area contributed by atoms with Crippen LogP contribution in [0, 0.1) is 52.7 Å². The van der Waals surface area contributed by atoms with Crippen molar-refractivity contribution in [3.05, 3.63) is 53.9 Å². The Labute approximate surface area is 249 Å². The molecule has 2 saturated carbocycles. The standard InChI is InChI=1S/C33H42FNO6S/c1-3-4-10-24(2)30(36)18-17-28-29-21-25(11-6-7-12-32(38)39)22-33(29,23-31(28)37)19-8-5-9-20-35-42(40,41)27-15-13-26(34)14-16-27/h11,13-18,24,28-31,35-37H,5-7,9-10,12,20-23H2,1-2H3,(H,38,39)/b18-17+,25-11+/t24?,28-,29-,30-,31-,33+/m1/s1. The lowest BCUT2D eigenvalue weighted by Crippen LogP contribution is -2.24. The van der Waals surface area contributed by atoms with Gasteiger partial charge in [0, 0.05) is 37.1 Å².